The first-order chi connectivity index (χ1) is 19.3. The minimum atomic E-state index is -0.466. The average molecular weight is 574 g/mol. The summed E-state index contributed by atoms with van der Waals surface area (Å²) >= 11 is 0. The molecule has 0 unspecified atom stereocenters. The molecule has 0 aliphatic heterocycles. The number of carbonyl (C=O) groups is 2. The van der Waals surface area contributed by atoms with Crippen LogP contribution in [0, 0.1) is 18.7 Å². The van der Waals surface area contributed by atoms with E-state index in [1.54, 1.807) is 19.1 Å². The minimum absolute atomic E-state index is 0.114. The second kappa shape index (κ2) is 15.8. The summed E-state index contributed by atoms with van der Waals surface area (Å²) in [6.45, 7) is 8.35. The maximum Gasteiger partial charge on any atom is 0.407 e. The van der Waals surface area contributed by atoms with Gasteiger partial charge in [-0.3, -0.25) is 4.79 Å². The standard InChI is InChI=1S/C17H21FN6O2.C12H23NO2/c1-10-6-12(16(19)23-24(2)20)8-14(22-10)17(25)21-9-11-4-5-13(18)15(7-11)26-3;1-12(2,3)15-11(14)13-9-10-7-5-4-6-8-10/h4-8H,9,20H2,1-3H3,(H2,19,23)(H,21,25);10H,4-9H2,1-3H3,(H,13,14). The van der Waals surface area contributed by atoms with E-state index < -0.39 is 17.3 Å². The van der Waals surface area contributed by atoms with Gasteiger partial charge in [-0.25, -0.2) is 25.1 Å². The van der Waals surface area contributed by atoms with Crippen molar-refractivity contribution in [2.24, 2.45) is 22.6 Å². The lowest BCUT2D eigenvalue weighted by atomic mass is 9.89. The third kappa shape index (κ3) is 12.4. The van der Waals surface area contributed by atoms with Gasteiger partial charge in [0, 0.05) is 31.4 Å². The Bertz CT molecular complexity index is 1190. The van der Waals surface area contributed by atoms with Crippen molar-refractivity contribution in [2.45, 2.75) is 71.9 Å². The van der Waals surface area contributed by atoms with E-state index in [9.17, 15) is 14.0 Å². The normalized spacial score (nSPS) is 13.9. The van der Waals surface area contributed by atoms with Gasteiger partial charge in [-0.1, -0.05) is 25.3 Å². The van der Waals surface area contributed by atoms with Crippen molar-refractivity contribution in [1.82, 2.24) is 20.7 Å². The number of hydrogen-bond acceptors (Lipinski definition) is 8. The molecule has 0 radical (unpaired) electrons. The zero-order valence-electron chi connectivity index (χ0n) is 24.9. The molecular weight excluding hydrogens is 529 g/mol. The predicted octanol–water partition coefficient (Wildman–Crippen LogP) is 3.98. The van der Waals surface area contributed by atoms with Crippen LogP contribution in [0.15, 0.2) is 35.4 Å². The first-order valence-electron chi connectivity index (χ1n) is 13.7. The van der Waals surface area contributed by atoms with Gasteiger partial charge in [-0.05, 0) is 76.3 Å². The van der Waals surface area contributed by atoms with Crippen LogP contribution in [0.5, 0.6) is 5.75 Å². The van der Waals surface area contributed by atoms with Crippen LogP contribution in [-0.2, 0) is 11.3 Å². The molecule has 1 aliphatic rings. The van der Waals surface area contributed by atoms with Gasteiger partial charge >= 0.3 is 6.09 Å². The number of nitrogens with zero attached hydrogens (tertiary/aromatic N) is 3. The number of hydrazone groups is 1. The van der Waals surface area contributed by atoms with Gasteiger partial charge in [-0.15, -0.1) is 5.10 Å². The Morgan fingerprint density at radius 1 is 1.15 bits per heavy atom. The van der Waals surface area contributed by atoms with Crippen LogP contribution in [-0.4, -0.2) is 54.2 Å². The maximum atomic E-state index is 13.4. The first kappa shape index (κ1) is 33.3. The molecular formula is C29H44FN7O4. The van der Waals surface area contributed by atoms with E-state index in [2.05, 4.69) is 20.7 Å². The van der Waals surface area contributed by atoms with E-state index in [1.165, 1.54) is 64.5 Å². The van der Waals surface area contributed by atoms with Gasteiger partial charge in [0.25, 0.3) is 5.91 Å². The molecule has 12 heteroatoms. The molecule has 1 fully saturated rings. The van der Waals surface area contributed by atoms with E-state index in [4.69, 9.17) is 21.1 Å². The van der Waals surface area contributed by atoms with Gasteiger partial charge in [0.2, 0.25) is 0 Å². The number of halogens is 1. The summed E-state index contributed by atoms with van der Waals surface area (Å²) in [6, 6.07) is 7.59. The number of aromatic nitrogens is 1. The van der Waals surface area contributed by atoms with Crippen molar-refractivity contribution < 1.29 is 23.5 Å². The lowest BCUT2D eigenvalue weighted by molar-refractivity contribution is 0.0515. The Kier molecular flexibility index (Phi) is 12.8. The summed E-state index contributed by atoms with van der Waals surface area (Å²) in [4.78, 5) is 28.0. The first-order valence-corrected chi connectivity index (χ1v) is 13.7. The molecule has 2 aromatic rings. The molecule has 6 N–H and O–H groups in total. The smallest absolute Gasteiger partial charge is 0.407 e. The number of nitrogens with two attached hydrogens (primary N) is 2. The van der Waals surface area contributed by atoms with Crippen LogP contribution in [0.4, 0.5) is 9.18 Å². The van der Waals surface area contributed by atoms with Crippen molar-refractivity contribution in [3.05, 3.63) is 58.7 Å². The van der Waals surface area contributed by atoms with Crippen LogP contribution in [0.3, 0.4) is 0 Å². The summed E-state index contributed by atoms with van der Waals surface area (Å²) in [5, 5.41) is 10.6. The van der Waals surface area contributed by atoms with Gasteiger partial charge in [0.15, 0.2) is 17.4 Å². The molecule has 226 valence electrons. The molecule has 1 aliphatic carbocycles. The number of pyridine rings is 1. The molecule has 1 heterocycles. The van der Waals surface area contributed by atoms with Crippen molar-refractivity contribution in [3.63, 3.8) is 0 Å². The third-order valence-electron chi connectivity index (χ3n) is 6.07. The fourth-order valence-electron chi connectivity index (χ4n) is 4.18. The number of benzene rings is 1. The monoisotopic (exact) mass is 573 g/mol. The van der Waals surface area contributed by atoms with Crippen LogP contribution >= 0.6 is 0 Å². The highest BCUT2D eigenvalue weighted by Gasteiger charge is 2.18. The van der Waals surface area contributed by atoms with E-state index in [0.29, 0.717) is 22.7 Å². The molecule has 0 saturated heterocycles. The largest absolute Gasteiger partial charge is 0.494 e. The van der Waals surface area contributed by atoms with Gasteiger partial charge in [-0.2, -0.15) is 0 Å². The van der Waals surface area contributed by atoms with E-state index in [1.807, 2.05) is 20.8 Å². The number of rotatable bonds is 8. The number of nitrogens with one attached hydrogen (secondary N) is 2. The van der Waals surface area contributed by atoms with E-state index >= 15 is 0 Å². The van der Waals surface area contributed by atoms with Crippen LogP contribution in [0.1, 0.15) is 80.2 Å². The van der Waals surface area contributed by atoms with Gasteiger partial charge in [0.1, 0.15) is 11.3 Å². The summed E-state index contributed by atoms with van der Waals surface area (Å²) in [7, 11) is 2.91. The Morgan fingerprint density at radius 2 is 1.83 bits per heavy atom. The zero-order valence-corrected chi connectivity index (χ0v) is 24.9. The minimum Gasteiger partial charge on any atom is -0.494 e. The number of methoxy groups -OCH3 is 1. The fraction of sp³-hybridized carbons (Fsp3) is 0.517. The summed E-state index contributed by atoms with van der Waals surface area (Å²) in [6.07, 6.45) is 6.17. The number of ether oxygens (including phenoxy) is 2. The molecule has 1 saturated carbocycles. The average Bonchev–Trinajstić information content (AvgIpc) is 2.90. The number of hydrazine groups is 1. The Balaban J connectivity index is 0.000000333. The molecule has 0 bridgehead atoms. The lowest BCUT2D eigenvalue weighted by Gasteiger charge is -2.24. The molecule has 11 nitrogen and oxygen atoms in total. The van der Waals surface area contributed by atoms with Gasteiger partial charge in [0.05, 0.1) is 7.11 Å². The van der Waals surface area contributed by atoms with Crippen LogP contribution < -0.4 is 26.9 Å². The summed E-state index contributed by atoms with van der Waals surface area (Å²) in [5.74, 6) is 5.52. The Hall–Kier alpha value is -3.93. The highest BCUT2D eigenvalue weighted by atomic mass is 19.1. The molecule has 0 atom stereocenters. The Labute approximate surface area is 241 Å². The van der Waals surface area contributed by atoms with Crippen molar-refractivity contribution in [2.75, 3.05) is 20.7 Å². The maximum absolute atomic E-state index is 13.4. The van der Waals surface area contributed by atoms with E-state index in [0.717, 1.165) is 11.7 Å². The van der Waals surface area contributed by atoms with Crippen LogP contribution in [0.25, 0.3) is 0 Å². The van der Waals surface area contributed by atoms with Crippen molar-refractivity contribution in [1.29, 1.82) is 0 Å². The summed E-state index contributed by atoms with van der Waals surface area (Å²) < 4.78 is 23.5. The van der Waals surface area contributed by atoms with Gasteiger partial charge < -0.3 is 25.8 Å². The molecule has 1 aromatic heterocycles. The predicted molar refractivity (Wildman–Crippen MR) is 157 cm³/mol. The number of amidine groups is 1. The number of hydrogen-bond donors (Lipinski definition) is 4. The molecule has 1 aromatic carbocycles. The number of aryl methyl sites for hydroxylation is 1. The Morgan fingerprint density at radius 3 is 2.44 bits per heavy atom. The fourth-order valence-corrected chi connectivity index (χ4v) is 4.18. The van der Waals surface area contributed by atoms with Crippen LogP contribution in [0.2, 0.25) is 0 Å². The topological polar surface area (TPSA) is 157 Å². The zero-order chi connectivity index (χ0) is 30.6. The molecule has 2 amide bonds. The number of carbonyl (C=O) groups excluding carboxylic acids is 2. The van der Waals surface area contributed by atoms with Crippen molar-refractivity contribution >= 4 is 17.8 Å². The second-order valence-electron chi connectivity index (χ2n) is 11.0. The van der Waals surface area contributed by atoms with Crippen molar-refractivity contribution in [3.8, 4) is 5.75 Å². The third-order valence-corrected chi connectivity index (χ3v) is 6.07. The highest BCUT2D eigenvalue weighted by molar-refractivity contribution is 6.00. The highest BCUT2D eigenvalue weighted by Crippen LogP contribution is 2.23. The number of alkyl carbamates (subject to hydrolysis) is 1. The molecule has 3 rings (SSSR count). The van der Waals surface area contributed by atoms with E-state index in [-0.39, 0.29) is 29.9 Å². The molecule has 41 heavy (non-hydrogen) atoms. The summed E-state index contributed by atoms with van der Waals surface area (Å²) in [5.41, 5.74) is 7.49. The lowest BCUT2D eigenvalue weighted by Crippen LogP contribution is -2.35. The number of amides is 2. The molecule has 0 spiro atoms. The quantitative estimate of drug-likeness (QED) is 0.160. The second-order valence-corrected chi connectivity index (χ2v) is 11.0. The SMILES string of the molecule is CC(C)(C)OC(=O)NCC1CCCCC1.COc1cc(CNC(=O)c2cc(/C(N)=N/N(C)N)cc(C)n2)ccc1F.